The van der Waals surface area contributed by atoms with E-state index in [0.717, 1.165) is 48.7 Å². The monoisotopic (exact) mass is 499 g/mol. The van der Waals surface area contributed by atoms with E-state index in [0.29, 0.717) is 17.4 Å². The second kappa shape index (κ2) is 8.82. The van der Waals surface area contributed by atoms with Crippen LogP contribution in [0.1, 0.15) is 36.0 Å². The fourth-order valence-electron chi connectivity index (χ4n) is 4.89. The van der Waals surface area contributed by atoms with Crippen LogP contribution in [0.5, 0.6) is 0 Å². The third-order valence-corrected chi connectivity index (χ3v) is 7.18. The van der Waals surface area contributed by atoms with Crippen molar-refractivity contribution in [2.45, 2.75) is 38.4 Å². The number of nitrogens with zero attached hydrogens (tertiary/aromatic N) is 4. The number of aryl methyl sites for hydroxylation is 1. The average Bonchev–Trinajstić information content (AvgIpc) is 3.49. The molecule has 2 aromatic heterocycles. The van der Waals surface area contributed by atoms with Crippen LogP contribution in [-0.4, -0.2) is 39.0 Å². The third-order valence-electron chi connectivity index (χ3n) is 6.95. The first-order chi connectivity index (χ1) is 16.7. The first-order valence-electron chi connectivity index (χ1n) is 11.5. The highest BCUT2D eigenvalue weighted by Crippen LogP contribution is 2.56. The van der Waals surface area contributed by atoms with E-state index in [1.54, 1.807) is 24.5 Å². The molecule has 35 heavy (non-hydrogen) atoms. The molecular formula is C26H25ClF3N5. The van der Waals surface area contributed by atoms with Crippen LogP contribution in [0.2, 0.25) is 5.02 Å². The van der Waals surface area contributed by atoms with Crippen molar-refractivity contribution in [2.24, 2.45) is 5.41 Å². The first-order valence-corrected chi connectivity index (χ1v) is 11.8. The van der Waals surface area contributed by atoms with Gasteiger partial charge in [0.1, 0.15) is 5.82 Å². The summed E-state index contributed by atoms with van der Waals surface area (Å²) in [7, 11) is 0. The number of hydrogen-bond acceptors (Lipinski definition) is 5. The molecule has 0 amide bonds. The molecule has 1 aliphatic heterocycles. The van der Waals surface area contributed by atoms with Crippen LogP contribution in [0.4, 0.5) is 19.0 Å². The molecule has 0 radical (unpaired) electrons. The van der Waals surface area contributed by atoms with Crippen molar-refractivity contribution in [2.75, 3.05) is 18.4 Å². The van der Waals surface area contributed by atoms with Crippen LogP contribution in [0.15, 0.2) is 55.5 Å². The Hall–Kier alpha value is -3.13. The molecule has 1 saturated heterocycles. The van der Waals surface area contributed by atoms with Crippen molar-refractivity contribution >= 4 is 23.1 Å². The van der Waals surface area contributed by atoms with Gasteiger partial charge in [-0.1, -0.05) is 18.2 Å². The van der Waals surface area contributed by atoms with Gasteiger partial charge in [-0.25, -0.2) is 15.0 Å². The maximum atomic E-state index is 13.3. The number of pyridine rings is 1. The molecule has 1 atom stereocenters. The lowest BCUT2D eigenvalue weighted by Gasteiger charge is -2.30. The van der Waals surface area contributed by atoms with E-state index >= 15 is 0 Å². The lowest BCUT2D eigenvalue weighted by molar-refractivity contribution is -0.138. The van der Waals surface area contributed by atoms with Gasteiger partial charge < -0.3 is 10.2 Å². The second-order valence-corrected chi connectivity index (χ2v) is 9.89. The van der Waals surface area contributed by atoms with E-state index in [9.17, 15) is 13.2 Å². The summed E-state index contributed by atoms with van der Waals surface area (Å²) in [6.07, 6.45) is 3.43. The van der Waals surface area contributed by atoms with Crippen LogP contribution in [-0.2, 0) is 6.18 Å². The molecule has 1 saturated carbocycles. The van der Waals surface area contributed by atoms with Crippen LogP contribution >= 0.6 is 11.6 Å². The molecule has 1 aromatic carbocycles. The van der Waals surface area contributed by atoms with Crippen molar-refractivity contribution in [1.29, 1.82) is 0 Å². The number of aromatic nitrogens is 3. The maximum Gasteiger partial charge on any atom is 0.416 e. The SMILES string of the molecule is C=C(c1cc(Cl)ccc1-c1ncccn1)N1CC2(CC2)CC1CNc1cc(C(F)(F)F)c(C)cn1. The molecule has 5 rings (SSSR count). The minimum absolute atomic E-state index is 0.0472. The number of rotatable bonds is 6. The topological polar surface area (TPSA) is 53.9 Å². The molecule has 1 spiro atoms. The molecule has 5 nitrogen and oxygen atoms in total. The highest BCUT2D eigenvalue weighted by Gasteiger charge is 2.52. The van der Waals surface area contributed by atoms with Gasteiger partial charge in [0.25, 0.3) is 0 Å². The molecular weight excluding hydrogens is 475 g/mol. The molecule has 182 valence electrons. The molecule has 2 fully saturated rings. The van der Waals surface area contributed by atoms with Gasteiger partial charge in [-0.05, 0) is 67.5 Å². The van der Waals surface area contributed by atoms with E-state index in [1.807, 2.05) is 12.1 Å². The lowest BCUT2D eigenvalue weighted by Crippen LogP contribution is -2.34. The quantitative estimate of drug-likeness (QED) is 0.422. The van der Waals surface area contributed by atoms with E-state index in [1.165, 1.54) is 13.1 Å². The molecule has 1 unspecified atom stereocenters. The smallest absolute Gasteiger partial charge is 0.368 e. The number of benzene rings is 1. The predicted molar refractivity (Wildman–Crippen MR) is 131 cm³/mol. The Morgan fingerprint density at radius 3 is 2.63 bits per heavy atom. The standard InChI is InChI=1S/C26H25ClF3N5/c1-16-13-33-23(11-22(16)26(28,29)30)34-14-19-12-25(6-7-25)15-35(19)17(2)21-10-18(27)4-5-20(21)24-31-8-3-9-32-24/h3-5,8-11,13,19H,2,6-7,12,14-15H2,1H3,(H,33,34). The van der Waals surface area contributed by atoms with Crippen molar-refractivity contribution in [1.82, 2.24) is 19.9 Å². The minimum atomic E-state index is -4.42. The summed E-state index contributed by atoms with van der Waals surface area (Å²) in [5.74, 6) is 0.797. The molecule has 0 bridgehead atoms. The Kier molecular flexibility index (Phi) is 5.95. The molecule has 3 heterocycles. The third kappa shape index (κ3) is 4.85. The molecule has 2 aliphatic rings. The Bertz CT molecular complexity index is 1260. The summed E-state index contributed by atoms with van der Waals surface area (Å²) < 4.78 is 40.0. The van der Waals surface area contributed by atoms with Gasteiger partial charge in [-0.3, -0.25) is 0 Å². The average molecular weight is 500 g/mol. The number of hydrogen-bond donors (Lipinski definition) is 1. The summed E-state index contributed by atoms with van der Waals surface area (Å²) in [5.41, 5.74) is 2.14. The molecule has 9 heteroatoms. The Labute approximate surface area is 207 Å². The molecule has 1 N–H and O–H groups in total. The number of nitrogens with one attached hydrogen (secondary N) is 1. The predicted octanol–water partition coefficient (Wildman–Crippen LogP) is 6.46. The van der Waals surface area contributed by atoms with Crippen molar-refractivity contribution in [3.63, 3.8) is 0 Å². The Balaban J connectivity index is 1.41. The van der Waals surface area contributed by atoms with Gasteiger partial charge in [-0.2, -0.15) is 13.2 Å². The molecule has 1 aliphatic carbocycles. The zero-order valence-electron chi connectivity index (χ0n) is 19.2. The summed E-state index contributed by atoms with van der Waals surface area (Å²) in [6, 6.07) is 8.45. The first kappa shape index (κ1) is 23.6. The van der Waals surface area contributed by atoms with Crippen molar-refractivity contribution in [3.05, 3.63) is 77.2 Å². The zero-order valence-corrected chi connectivity index (χ0v) is 20.0. The summed E-state index contributed by atoms with van der Waals surface area (Å²) >= 11 is 6.35. The molecule has 3 aromatic rings. The Morgan fingerprint density at radius 2 is 1.94 bits per heavy atom. The van der Waals surface area contributed by atoms with Crippen LogP contribution < -0.4 is 5.32 Å². The largest absolute Gasteiger partial charge is 0.416 e. The minimum Gasteiger partial charge on any atom is -0.368 e. The maximum absolute atomic E-state index is 13.3. The van der Waals surface area contributed by atoms with Gasteiger partial charge in [0.05, 0.1) is 5.56 Å². The van der Waals surface area contributed by atoms with Gasteiger partial charge in [0.15, 0.2) is 5.82 Å². The van der Waals surface area contributed by atoms with Gasteiger partial charge in [0, 0.05) is 59.6 Å². The number of likely N-dealkylation sites (tertiary alicyclic amines) is 1. The van der Waals surface area contributed by atoms with Crippen LogP contribution in [0.3, 0.4) is 0 Å². The van der Waals surface area contributed by atoms with Gasteiger partial charge in [0.2, 0.25) is 0 Å². The van der Waals surface area contributed by atoms with E-state index in [-0.39, 0.29) is 22.8 Å². The van der Waals surface area contributed by atoms with E-state index < -0.39 is 11.7 Å². The summed E-state index contributed by atoms with van der Waals surface area (Å²) in [4.78, 5) is 15.2. The van der Waals surface area contributed by atoms with Crippen molar-refractivity contribution < 1.29 is 13.2 Å². The van der Waals surface area contributed by atoms with E-state index in [4.69, 9.17) is 11.6 Å². The zero-order chi connectivity index (χ0) is 24.8. The normalized spacial score (nSPS) is 18.7. The van der Waals surface area contributed by atoms with Crippen LogP contribution in [0, 0.1) is 12.3 Å². The lowest BCUT2D eigenvalue weighted by atomic mass is 10.0. The van der Waals surface area contributed by atoms with Gasteiger partial charge in [-0.15, -0.1) is 0 Å². The number of alkyl halides is 3. The van der Waals surface area contributed by atoms with E-state index in [2.05, 4.69) is 31.7 Å². The summed E-state index contributed by atoms with van der Waals surface area (Å²) in [5, 5.41) is 3.72. The summed E-state index contributed by atoms with van der Waals surface area (Å²) in [6.45, 7) is 7.12. The fraction of sp³-hybridized carbons (Fsp3) is 0.346. The highest BCUT2D eigenvalue weighted by atomic mass is 35.5. The Morgan fingerprint density at radius 1 is 1.20 bits per heavy atom. The fourth-order valence-corrected chi connectivity index (χ4v) is 5.07. The number of anilines is 1. The van der Waals surface area contributed by atoms with Gasteiger partial charge >= 0.3 is 6.18 Å². The second-order valence-electron chi connectivity index (χ2n) is 9.46. The van der Waals surface area contributed by atoms with Crippen LogP contribution in [0.25, 0.3) is 17.1 Å². The highest BCUT2D eigenvalue weighted by molar-refractivity contribution is 6.30. The number of halogens is 4. The van der Waals surface area contributed by atoms with Crippen molar-refractivity contribution in [3.8, 4) is 11.4 Å².